The van der Waals surface area contributed by atoms with Crippen molar-refractivity contribution >= 4 is 34.6 Å². The van der Waals surface area contributed by atoms with E-state index in [0.29, 0.717) is 12.0 Å². The highest BCUT2D eigenvalue weighted by Gasteiger charge is 2.32. The fourth-order valence-corrected chi connectivity index (χ4v) is 5.87. The molecule has 0 aliphatic heterocycles. The summed E-state index contributed by atoms with van der Waals surface area (Å²) in [4.78, 5) is 58.2. The molecule has 0 saturated carbocycles. The van der Waals surface area contributed by atoms with Gasteiger partial charge in [0.05, 0.1) is 25.2 Å². The van der Waals surface area contributed by atoms with Gasteiger partial charge in [-0.3, -0.25) is 19.4 Å². The SMILES string of the molecule is CCC(C)COC(=O)CC(O)C(CC(C)C)NC(=O)[C@H](Cc1cccnc1)NC(=O)[C@H](Cc1cccc2ccccc12)NC(=O)OCc1ccccc1. The van der Waals surface area contributed by atoms with Gasteiger partial charge in [-0.05, 0) is 51.8 Å². The van der Waals surface area contributed by atoms with Crippen molar-refractivity contribution in [3.8, 4) is 0 Å². The van der Waals surface area contributed by atoms with Crippen molar-refractivity contribution in [3.63, 3.8) is 0 Å². The molecule has 0 bridgehead atoms. The van der Waals surface area contributed by atoms with Gasteiger partial charge in [-0.1, -0.05) is 113 Å². The quantitative estimate of drug-likeness (QED) is 0.0902. The molecule has 3 aromatic carbocycles. The van der Waals surface area contributed by atoms with Gasteiger partial charge in [0.15, 0.2) is 0 Å². The number of aliphatic hydroxyl groups is 1. The van der Waals surface area contributed by atoms with E-state index in [9.17, 15) is 24.3 Å². The summed E-state index contributed by atoms with van der Waals surface area (Å²) in [5.74, 6) is -1.47. The number of alkyl carbamates (subject to hydrolysis) is 1. The Morgan fingerprint density at radius 1 is 0.755 bits per heavy atom. The van der Waals surface area contributed by atoms with Crippen molar-refractivity contribution < 1.29 is 33.8 Å². The molecule has 282 valence electrons. The molecule has 1 heterocycles. The average molecular weight is 725 g/mol. The van der Waals surface area contributed by atoms with Gasteiger partial charge in [0.2, 0.25) is 11.8 Å². The number of aliphatic hydroxyl groups excluding tert-OH is 1. The van der Waals surface area contributed by atoms with Gasteiger partial charge in [-0.25, -0.2) is 4.79 Å². The summed E-state index contributed by atoms with van der Waals surface area (Å²) < 4.78 is 10.8. The second kappa shape index (κ2) is 20.7. The van der Waals surface area contributed by atoms with Crippen LogP contribution in [0.3, 0.4) is 0 Å². The predicted octanol–water partition coefficient (Wildman–Crippen LogP) is 5.67. The summed E-state index contributed by atoms with van der Waals surface area (Å²) in [5, 5.41) is 21.5. The number of pyridine rings is 1. The molecule has 1 aromatic heterocycles. The van der Waals surface area contributed by atoms with E-state index in [0.717, 1.165) is 28.3 Å². The molecule has 4 aromatic rings. The second-order valence-electron chi connectivity index (χ2n) is 13.9. The number of nitrogens with zero attached hydrogens (tertiary/aromatic N) is 1. The molecule has 53 heavy (non-hydrogen) atoms. The molecule has 0 aliphatic carbocycles. The number of ether oxygens (including phenoxy) is 2. The van der Waals surface area contributed by atoms with E-state index in [4.69, 9.17) is 9.47 Å². The molecular formula is C42H52N4O7. The molecule has 4 N–H and O–H groups in total. The molecule has 5 atom stereocenters. The molecular weight excluding hydrogens is 672 g/mol. The summed E-state index contributed by atoms with van der Waals surface area (Å²) >= 11 is 0. The van der Waals surface area contributed by atoms with Crippen LogP contribution in [0.2, 0.25) is 0 Å². The smallest absolute Gasteiger partial charge is 0.408 e. The minimum absolute atomic E-state index is 0.00601. The van der Waals surface area contributed by atoms with Crippen molar-refractivity contribution in [2.45, 2.75) is 90.6 Å². The molecule has 11 nitrogen and oxygen atoms in total. The lowest BCUT2D eigenvalue weighted by molar-refractivity contribution is -0.148. The van der Waals surface area contributed by atoms with Gasteiger partial charge < -0.3 is 30.5 Å². The highest BCUT2D eigenvalue weighted by molar-refractivity contribution is 5.93. The number of carbonyl (C=O) groups is 4. The Labute approximate surface area is 311 Å². The minimum atomic E-state index is -1.22. The molecule has 0 spiro atoms. The van der Waals surface area contributed by atoms with E-state index in [1.807, 2.05) is 100 Å². The lowest BCUT2D eigenvalue weighted by Crippen LogP contribution is -2.57. The first kappa shape index (κ1) is 40.5. The molecule has 4 rings (SSSR count). The van der Waals surface area contributed by atoms with Crippen molar-refractivity contribution in [1.29, 1.82) is 0 Å². The highest BCUT2D eigenvalue weighted by atomic mass is 16.5. The number of fused-ring (bicyclic) bond motifs is 1. The van der Waals surface area contributed by atoms with Gasteiger partial charge in [-0.15, -0.1) is 0 Å². The van der Waals surface area contributed by atoms with Crippen LogP contribution in [0, 0.1) is 11.8 Å². The van der Waals surface area contributed by atoms with Crippen LogP contribution in [0.25, 0.3) is 10.8 Å². The van der Waals surface area contributed by atoms with Gasteiger partial charge in [0.1, 0.15) is 18.7 Å². The van der Waals surface area contributed by atoms with Crippen molar-refractivity contribution in [2.75, 3.05) is 6.61 Å². The first-order chi connectivity index (χ1) is 25.5. The Morgan fingerprint density at radius 3 is 2.15 bits per heavy atom. The monoisotopic (exact) mass is 724 g/mol. The van der Waals surface area contributed by atoms with Crippen LogP contribution in [0.1, 0.15) is 63.6 Å². The summed E-state index contributed by atoms with van der Waals surface area (Å²) in [6, 6.07) is 23.2. The van der Waals surface area contributed by atoms with E-state index in [2.05, 4.69) is 20.9 Å². The fraction of sp³-hybridized carbons (Fsp3) is 0.405. The predicted molar refractivity (Wildman–Crippen MR) is 203 cm³/mol. The molecule has 0 fully saturated rings. The molecule has 0 radical (unpaired) electrons. The van der Waals surface area contributed by atoms with Crippen molar-refractivity contribution in [3.05, 3.63) is 114 Å². The van der Waals surface area contributed by atoms with Crippen LogP contribution in [-0.2, 0) is 43.3 Å². The Morgan fingerprint density at radius 2 is 1.43 bits per heavy atom. The standard InChI is InChI=1S/C42H52N4O7/c1-5-29(4)26-52-39(48)24-38(47)35(21-28(2)3)44-40(49)36(22-31-15-12-20-43-25-31)45-41(50)37(46-42(51)53-27-30-13-7-6-8-14-30)23-33-18-11-17-32-16-9-10-19-34(32)33/h6-20,25,28-29,35-38,47H,5,21-24,26-27H2,1-4H3,(H,44,49)(H,45,50)(H,46,51)/t29?,35?,36-,37-,38?/m0/s1. The third-order valence-corrected chi connectivity index (χ3v) is 9.04. The Kier molecular flexibility index (Phi) is 15.8. The first-order valence-corrected chi connectivity index (χ1v) is 18.3. The maximum atomic E-state index is 14.2. The van der Waals surface area contributed by atoms with Gasteiger partial charge >= 0.3 is 12.1 Å². The normalized spacial score (nSPS) is 14.0. The summed E-state index contributed by atoms with van der Waals surface area (Å²) in [7, 11) is 0. The van der Waals surface area contributed by atoms with Crippen LogP contribution in [0.4, 0.5) is 4.79 Å². The van der Waals surface area contributed by atoms with E-state index in [1.54, 1.807) is 24.5 Å². The molecule has 11 heteroatoms. The summed E-state index contributed by atoms with van der Waals surface area (Å²) in [5.41, 5.74) is 2.29. The van der Waals surface area contributed by atoms with Crippen LogP contribution in [0.15, 0.2) is 97.3 Å². The van der Waals surface area contributed by atoms with Crippen LogP contribution < -0.4 is 16.0 Å². The number of hydrogen-bond acceptors (Lipinski definition) is 8. The van der Waals surface area contributed by atoms with Gasteiger partial charge in [-0.2, -0.15) is 0 Å². The number of esters is 1. The lowest BCUT2D eigenvalue weighted by atomic mass is 9.96. The average Bonchev–Trinajstić information content (AvgIpc) is 3.16. The topological polar surface area (TPSA) is 156 Å². The second-order valence-corrected chi connectivity index (χ2v) is 13.9. The first-order valence-electron chi connectivity index (χ1n) is 18.3. The Bertz CT molecular complexity index is 1760. The third kappa shape index (κ3) is 13.3. The Hall–Kier alpha value is -5.29. The molecule has 3 amide bonds. The summed E-state index contributed by atoms with van der Waals surface area (Å²) in [6.07, 6.45) is 2.31. The number of rotatable bonds is 19. The van der Waals surface area contributed by atoms with E-state index < -0.39 is 48.1 Å². The zero-order valence-electron chi connectivity index (χ0n) is 31.0. The fourth-order valence-electron chi connectivity index (χ4n) is 5.87. The molecule has 0 saturated heterocycles. The van der Waals surface area contributed by atoms with Crippen molar-refractivity contribution in [2.24, 2.45) is 11.8 Å². The van der Waals surface area contributed by atoms with Crippen LogP contribution in [0.5, 0.6) is 0 Å². The number of nitrogens with one attached hydrogen (secondary N) is 3. The van der Waals surface area contributed by atoms with Crippen molar-refractivity contribution in [1.82, 2.24) is 20.9 Å². The molecule has 3 unspecified atom stereocenters. The van der Waals surface area contributed by atoms with Crippen LogP contribution >= 0.6 is 0 Å². The maximum absolute atomic E-state index is 14.2. The van der Waals surface area contributed by atoms with E-state index in [1.165, 1.54) is 0 Å². The minimum Gasteiger partial charge on any atom is -0.465 e. The van der Waals surface area contributed by atoms with Gasteiger partial charge in [0, 0.05) is 25.2 Å². The van der Waals surface area contributed by atoms with E-state index >= 15 is 0 Å². The zero-order chi connectivity index (χ0) is 38.2. The van der Waals surface area contributed by atoms with Crippen LogP contribution in [-0.4, -0.2) is 64.8 Å². The number of benzene rings is 3. The van der Waals surface area contributed by atoms with Gasteiger partial charge in [0.25, 0.3) is 0 Å². The molecule has 0 aliphatic rings. The highest BCUT2D eigenvalue weighted by Crippen LogP contribution is 2.20. The van der Waals surface area contributed by atoms with E-state index in [-0.39, 0.29) is 44.3 Å². The maximum Gasteiger partial charge on any atom is 0.408 e. The third-order valence-electron chi connectivity index (χ3n) is 9.04. The number of carbonyl (C=O) groups excluding carboxylic acids is 4. The number of hydrogen-bond donors (Lipinski definition) is 4. The number of aromatic nitrogens is 1. The largest absolute Gasteiger partial charge is 0.465 e. The zero-order valence-corrected chi connectivity index (χ0v) is 31.0. The Balaban J connectivity index is 1.56. The summed E-state index contributed by atoms with van der Waals surface area (Å²) in [6.45, 7) is 8.12. The number of amides is 3. The lowest BCUT2D eigenvalue weighted by Gasteiger charge is -2.29.